The summed E-state index contributed by atoms with van der Waals surface area (Å²) in [6.07, 6.45) is 1.60. The van der Waals surface area contributed by atoms with Gasteiger partial charge in [0.2, 0.25) is 0 Å². The number of rotatable bonds is 5. The number of hydrogen-bond acceptors (Lipinski definition) is 6. The van der Waals surface area contributed by atoms with Crippen molar-refractivity contribution in [2.45, 2.75) is 13.5 Å². The van der Waals surface area contributed by atoms with Gasteiger partial charge in [-0.3, -0.25) is 19.7 Å². The van der Waals surface area contributed by atoms with Crippen LogP contribution in [0, 0.1) is 0 Å². The molecule has 0 aliphatic carbocycles. The fourth-order valence-corrected chi connectivity index (χ4v) is 2.78. The second-order valence-electron chi connectivity index (χ2n) is 6.04. The maximum absolute atomic E-state index is 13.0. The molecule has 3 rings (SSSR count). The average molecular weight is 358 g/mol. The highest BCUT2D eigenvalue weighted by Crippen LogP contribution is 2.11. The highest BCUT2D eigenvalue weighted by atomic mass is 16.5. The van der Waals surface area contributed by atoms with Crippen LogP contribution in [0.4, 0.5) is 4.79 Å². The third-order valence-electron chi connectivity index (χ3n) is 4.06. The Morgan fingerprint density at radius 1 is 1.31 bits per heavy atom. The van der Waals surface area contributed by atoms with Gasteiger partial charge in [0.1, 0.15) is 5.82 Å². The third kappa shape index (κ3) is 4.19. The highest BCUT2D eigenvalue weighted by Gasteiger charge is 2.16. The molecular weight excluding hydrogens is 336 g/mol. The summed E-state index contributed by atoms with van der Waals surface area (Å²) in [5.41, 5.74) is 11.0. The lowest BCUT2D eigenvalue weighted by Gasteiger charge is -2.26. The van der Waals surface area contributed by atoms with Crippen molar-refractivity contribution in [1.29, 1.82) is 0 Å². The first kappa shape index (κ1) is 17.9. The lowest BCUT2D eigenvalue weighted by atomic mass is 10.2. The number of ether oxygens (including phenoxy) is 1. The van der Waals surface area contributed by atoms with Crippen molar-refractivity contribution in [3.05, 3.63) is 46.1 Å². The molecule has 9 heteroatoms. The Balaban J connectivity index is 2.00. The SMILES string of the molecule is CC(=Cn1c(CN2CCOCC2)nc2ccccc2c1=O)NNC(N)=O. The van der Waals surface area contributed by atoms with E-state index in [0.29, 0.717) is 42.2 Å². The largest absolute Gasteiger partial charge is 0.379 e. The molecule has 26 heavy (non-hydrogen) atoms. The number of morpholine rings is 1. The monoisotopic (exact) mass is 358 g/mol. The van der Waals surface area contributed by atoms with Crippen LogP contribution in [-0.4, -0.2) is 46.8 Å². The van der Waals surface area contributed by atoms with Gasteiger partial charge in [-0.2, -0.15) is 0 Å². The van der Waals surface area contributed by atoms with E-state index >= 15 is 0 Å². The zero-order valence-corrected chi connectivity index (χ0v) is 14.6. The number of aromatic nitrogens is 2. The van der Waals surface area contributed by atoms with Crippen LogP contribution >= 0.6 is 0 Å². The van der Waals surface area contributed by atoms with Crippen molar-refractivity contribution in [3.63, 3.8) is 0 Å². The lowest BCUT2D eigenvalue weighted by molar-refractivity contribution is 0.0328. The van der Waals surface area contributed by atoms with Gasteiger partial charge in [0, 0.05) is 25.0 Å². The maximum atomic E-state index is 13.0. The molecule has 1 aliphatic heterocycles. The molecule has 9 nitrogen and oxygen atoms in total. The molecule has 0 spiro atoms. The van der Waals surface area contributed by atoms with E-state index in [2.05, 4.69) is 20.7 Å². The summed E-state index contributed by atoms with van der Waals surface area (Å²) in [6, 6.07) is 6.53. The van der Waals surface area contributed by atoms with Crippen LogP contribution in [0.25, 0.3) is 17.1 Å². The number of urea groups is 1. The fourth-order valence-electron chi connectivity index (χ4n) is 2.78. The van der Waals surface area contributed by atoms with Crippen LogP contribution in [0.5, 0.6) is 0 Å². The molecule has 2 amide bonds. The van der Waals surface area contributed by atoms with Crippen molar-refractivity contribution < 1.29 is 9.53 Å². The lowest BCUT2D eigenvalue weighted by Crippen LogP contribution is -2.40. The zero-order chi connectivity index (χ0) is 18.5. The van der Waals surface area contributed by atoms with Gasteiger partial charge in [-0.1, -0.05) is 12.1 Å². The van der Waals surface area contributed by atoms with Crippen LogP contribution in [0.15, 0.2) is 34.8 Å². The minimum Gasteiger partial charge on any atom is -0.379 e. The summed E-state index contributed by atoms with van der Waals surface area (Å²) in [5, 5.41) is 0.533. The molecule has 138 valence electrons. The Labute approximate surface area is 150 Å². The van der Waals surface area contributed by atoms with E-state index in [-0.39, 0.29) is 5.56 Å². The predicted octanol–water partition coefficient (Wildman–Crippen LogP) is 0.220. The Morgan fingerprint density at radius 2 is 2.04 bits per heavy atom. The Bertz CT molecular complexity index is 886. The molecule has 1 aromatic heterocycles. The maximum Gasteiger partial charge on any atom is 0.330 e. The number of primary amides is 1. The van der Waals surface area contributed by atoms with Gasteiger partial charge >= 0.3 is 6.03 Å². The Kier molecular flexibility index (Phi) is 5.49. The van der Waals surface area contributed by atoms with Crippen LogP contribution in [0.1, 0.15) is 12.7 Å². The summed E-state index contributed by atoms with van der Waals surface area (Å²) in [7, 11) is 0. The van der Waals surface area contributed by atoms with Crippen LogP contribution in [0.3, 0.4) is 0 Å². The molecule has 0 atom stereocenters. The first-order chi connectivity index (χ1) is 12.5. The molecule has 4 N–H and O–H groups in total. The highest BCUT2D eigenvalue weighted by molar-refractivity contribution is 5.77. The van der Waals surface area contributed by atoms with E-state index in [0.717, 1.165) is 13.1 Å². The number of fused-ring (bicyclic) bond motifs is 1. The number of nitrogens with one attached hydrogen (secondary N) is 2. The van der Waals surface area contributed by atoms with E-state index < -0.39 is 6.03 Å². The van der Waals surface area contributed by atoms with Gasteiger partial charge in [0.15, 0.2) is 0 Å². The molecule has 0 unspecified atom stereocenters. The first-order valence-corrected chi connectivity index (χ1v) is 8.35. The number of nitrogens with zero attached hydrogens (tertiary/aromatic N) is 3. The summed E-state index contributed by atoms with van der Waals surface area (Å²) < 4.78 is 6.88. The number of nitrogens with two attached hydrogens (primary N) is 1. The second kappa shape index (κ2) is 7.98. The molecule has 1 saturated heterocycles. The normalized spacial score (nSPS) is 15.8. The molecule has 1 aromatic carbocycles. The number of benzene rings is 1. The van der Waals surface area contributed by atoms with Gasteiger partial charge in [-0.15, -0.1) is 0 Å². The third-order valence-corrected chi connectivity index (χ3v) is 4.06. The fraction of sp³-hybridized carbons (Fsp3) is 0.353. The van der Waals surface area contributed by atoms with Crippen LogP contribution in [-0.2, 0) is 11.3 Å². The van der Waals surface area contributed by atoms with Gasteiger partial charge in [-0.25, -0.2) is 9.78 Å². The summed E-state index contributed by atoms with van der Waals surface area (Å²) >= 11 is 0. The quantitative estimate of drug-likeness (QED) is 0.659. The number of para-hydroxylation sites is 1. The Hall–Kier alpha value is -2.91. The summed E-state index contributed by atoms with van der Waals surface area (Å²) in [5.74, 6) is 0.621. The smallest absolute Gasteiger partial charge is 0.330 e. The van der Waals surface area contributed by atoms with E-state index in [1.165, 1.54) is 4.57 Å². The number of hydrogen-bond donors (Lipinski definition) is 3. The standard InChI is InChI=1S/C17H22N6O3/c1-12(20-21-17(18)25)10-23-15(11-22-6-8-26-9-7-22)19-14-5-3-2-4-13(14)16(23)24/h2-5,10,20H,6-9,11H2,1H3,(H3,18,21,25). The van der Waals surface area contributed by atoms with Crippen LogP contribution in [0.2, 0.25) is 0 Å². The van der Waals surface area contributed by atoms with Crippen molar-refractivity contribution in [2.75, 3.05) is 26.3 Å². The molecule has 2 heterocycles. The summed E-state index contributed by atoms with van der Waals surface area (Å²) in [6.45, 7) is 5.14. The number of amides is 2. The molecule has 0 saturated carbocycles. The van der Waals surface area contributed by atoms with Crippen LogP contribution < -0.4 is 22.1 Å². The van der Waals surface area contributed by atoms with Crippen molar-refractivity contribution >= 4 is 23.1 Å². The van der Waals surface area contributed by atoms with E-state index in [1.54, 1.807) is 25.3 Å². The Morgan fingerprint density at radius 3 is 2.77 bits per heavy atom. The first-order valence-electron chi connectivity index (χ1n) is 8.35. The molecule has 0 radical (unpaired) electrons. The number of allylic oxidation sites excluding steroid dienone is 1. The van der Waals surface area contributed by atoms with E-state index in [4.69, 9.17) is 10.5 Å². The minimum absolute atomic E-state index is 0.168. The molecule has 0 bridgehead atoms. The van der Waals surface area contributed by atoms with Gasteiger partial charge in [-0.05, 0) is 19.1 Å². The topological polar surface area (TPSA) is 115 Å². The average Bonchev–Trinajstić information content (AvgIpc) is 2.64. The van der Waals surface area contributed by atoms with E-state index in [1.807, 2.05) is 12.1 Å². The number of hydrazine groups is 1. The minimum atomic E-state index is -0.713. The molecule has 1 fully saturated rings. The van der Waals surface area contributed by atoms with Gasteiger partial charge in [0.25, 0.3) is 5.56 Å². The summed E-state index contributed by atoms with van der Waals surface area (Å²) in [4.78, 5) is 30.7. The molecule has 2 aromatic rings. The number of carbonyl (C=O) groups excluding carboxylic acids is 1. The molecule has 1 aliphatic rings. The van der Waals surface area contributed by atoms with Gasteiger partial charge < -0.3 is 15.9 Å². The van der Waals surface area contributed by atoms with Crippen molar-refractivity contribution in [3.8, 4) is 0 Å². The second-order valence-corrected chi connectivity index (χ2v) is 6.04. The zero-order valence-electron chi connectivity index (χ0n) is 14.6. The van der Waals surface area contributed by atoms with Crippen molar-refractivity contribution in [1.82, 2.24) is 25.3 Å². The van der Waals surface area contributed by atoms with Crippen molar-refractivity contribution in [2.24, 2.45) is 5.73 Å². The van der Waals surface area contributed by atoms with Gasteiger partial charge in [0.05, 0.1) is 30.7 Å². The van der Waals surface area contributed by atoms with E-state index in [9.17, 15) is 9.59 Å². The molecular formula is C17H22N6O3. The predicted molar refractivity (Wildman–Crippen MR) is 97.9 cm³/mol. The number of carbonyl (C=O) groups is 1.